The molecule has 0 aliphatic rings. The fraction of sp³-hybridized carbons (Fsp3) is 0.400. The molecule has 0 aliphatic heterocycles. The van der Waals surface area contributed by atoms with E-state index in [1.807, 2.05) is 13.0 Å². The number of nitrogens with two attached hydrogens (primary N) is 1. The van der Waals surface area contributed by atoms with E-state index in [-0.39, 0.29) is 6.04 Å². The number of rotatable bonds is 2. The summed E-state index contributed by atoms with van der Waals surface area (Å²) in [6, 6.07) is 1.53. The molecule has 0 radical (unpaired) electrons. The smallest absolute Gasteiger partial charge is 0.140 e. The molecule has 0 saturated carbocycles. The highest BCUT2D eigenvalue weighted by atomic mass is 16.3. The van der Waals surface area contributed by atoms with Crippen molar-refractivity contribution >= 4 is 5.65 Å². The van der Waals surface area contributed by atoms with Crippen LogP contribution in [0.4, 0.5) is 0 Å². The normalized spacial score (nSPS) is 15.5. The first-order valence-corrected chi connectivity index (χ1v) is 4.83. The van der Waals surface area contributed by atoms with Gasteiger partial charge in [0.1, 0.15) is 18.1 Å². The maximum atomic E-state index is 9.75. The van der Waals surface area contributed by atoms with Crippen molar-refractivity contribution < 1.29 is 5.11 Å². The number of aliphatic hydroxyl groups is 1. The molecule has 0 aromatic carbocycles. The molecule has 0 aliphatic carbocycles. The van der Waals surface area contributed by atoms with Crippen molar-refractivity contribution in [3.05, 3.63) is 30.0 Å². The average molecular weight is 206 g/mol. The quantitative estimate of drug-likeness (QED) is 0.746. The van der Waals surface area contributed by atoms with Crippen molar-refractivity contribution in [2.24, 2.45) is 5.73 Å². The SMILES string of the molecule is Cc1cc2nc(C(O)C(C)N)cn2cn1. The number of imidazole rings is 1. The second kappa shape index (κ2) is 3.60. The van der Waals surface area contributed by atoms with E-state index in [1.165, 1.54) is 0 Å². The molecule has 0 spiro atoms. The van der Waals surface area contributed by atoms with Crippen molar-refractivity contribution in [3.8, 4) is 0 Å². The third kappa shape index (κ3) is 1.84. The van der Waals surface area contributed by atoms with Crippen molar-refractivity contribution in [2.75, 3.05) is 0 Å². The van der Waals surface area contributed by atoms with Crippen LogP contribution in [0.2, 0.25) is 0 Å². The highest BCUT2D eigenvalue weighted by molar-refractivity contribution is 5.40. The largest absolute Gasteiger partial charge is 0.385 e. The summed E-state index contributed by atoms with van der Waals surface area (Å²) in [6.07, 6.45) is 2.69. The fourth-order valence-electron chi connectivity index (χ4n) is 1.42. The molecule has 2 aromatic heterocycles. The van der Waals surface area contributed by atoms with E-state index in [1.54, 1.807) is 23.8 Å². The van der Waals surface area contributed by atoms with Gasteiger partial charge in [-0.25, -0.2) is 9.97 Å². The minimum absolute atomic E-state index is 0.330. The molecule has 0 saturated heterocycles. The molecule has 0 bridgehead atoms. The molecule has 5 nitrogen and oxygen atoms in total. The molecule has 2 rings (SSSR count). The van der Waals surface area contributed by atoms with Gasteiger partial charge in [-0.1, -0.05) is 0 Å². The first-order chi connectivity index (χ1) is 7.08. The highest BCUT2D eigenvalue weighted by Gasteiger charge is 2.15. The van der Waals surface area contributed by atoms with E-state index in [0.717, 1.165) is 11.3 Å². The summed E-state index contributed by atoms with van der Waals surface area (Å²) in [5.41, 5.74) is 7.86. The van der Waals surface area contributed by atoms with Crippen molar-refractivity contribution in [3.63, 3.8) is 0 Å². The third-order valence-corrected chi connectivity index (χ3v) is 2.30. The molecule has 2 unspecified atom stereocenters. The molecule has 2 heterocycles. The van der Waals surface area contributed by atoms with Crippen LogP contribution in [0.25, 0.3) is 5.65 Å². The van der Waals surface area contributed by atoms with Crippen LogP contribution < -0.4 is 5.73 Å². The second-order valence-electron chi connectivity index (χ2n) is 3.77. The van der Waals surface area contributed by atoms with Gasteiger partial charge in [0.2, 0.25) is 0 Å². The zero-order chi connectivity index (χ0) is 11.0. The van der Waals surface area contributed by atoms with Gasteiger partial charge in [0, 0.05) is 24.0 Å². The van der Waals surface area contributed by atoms with E-state index < -0.39 is 6.10 Å². The first kappa shape index (κ1) is 10.1. The first-order valence-electron chi connectivity index (χ1n) is 4.83. The number of hydrogen-bond donors (Lipinski definition) is 2. The Balaban J connectivity index is 2.47. The van der Waals surface area contributed by atoms with Gasteiger partial charge in [0.05, 0.1) is 5.69 Å². The van der Waals surface area contributed by atoms with E-state index in [9.17, 15) is 5.11 Å². The Morgan fingerprint density at radius 1 is 1.53 bits per heavy atom. The summed E-state index contributed by atoms with van der Waals surface area (Å²) >= 11 is 0. The van der Waals surface area contributed by atoms with E-state index >= 15 is 0 Å². The van der Waals surface area contributed by atoms with E-state index in [2.05, 4.69) is 9.97 Å². The number of fused-ring (bicyclic) bond motifs is 1. The van der Waals surface area contributed by atoms with Crippen molar-refractivity contribution in [1.82, 2.24) is 14.4 Å². The zero-order valence-electron chi connectivity index (χ0n) is 8.75. The minimum Gasteiger partial charge on any atom is -0.385 e. The summed E-state index contributed by atoms with van der Waals surface area (Å²) < 4.78 is 1.77. The number of hydrogen-bond acceptors (Lipinski definition) is 4. The Bertz CT molecular complexity index is 477. The molecule has 0 amide bonds. The van der Waals surface area contributed by atoms with Crippen molar-refractivity contribution in [1.29, 1.82) is 0 Å². The van der Waals surface area contributed by atoms with Crippen LogP contribution in [0.1, 0.15) is 24.4 Å². The van der Waals surface area contributed by atoms with E-state index in [0.29, 0.717) is 5.69 Å². The number of nitrogens with zero attached hydrogens (tertiary/aromatic N) is 3. The standard InChI is InChI=1S/C10H14N4O/c1-6-3-9-13-8(10(15)7(2)11)4-14(9)5-12-6/h3-5,7,10,15H,11H2,1-2H3. The van der Waals surface area contributed by atoms with Crippen LogP contribution in [-0.2, 0) is 0 Å². The van der Waals surface area contributed by atoms with Gasteiger partial charge in [0.25, 0.3) is 0 Å². The van der Waals surface area contributed by atoms with Crippen LogP contribution in [-0.4, -0.2) is 25.5 Å². The Hall–Kier alpha value is -1.46. The van der Waals surface area contributed by atoms with Gasteiger partial charge in [-0.15, -0.1) is 0 Å². The predicted octanol–water partition coefficient (Wildman–Crippen LogP) is 0.418. The molecule has 2 aromatic rings. The number of aromatic nitrogens is 3. The molecular weight excluding hydrogens is 192 g/mol. The lowest BCUT2D eigenvalue weighted by molar-refractivity contribution is 0.149. The molecule has 5 heteroatoms. The lowest BCUT2D eigenvalue weighted by Gasteiger charge is -2.10. The Morgan fingerprint density at radius 2 is 2.27 bits per heavy atom. The third-order valence-electron chi connectivity index (χ3n) is 2.30. The molecular formula is C10H14N4O. The Morgan fingerprint density at radius 3 is 2.93 bits per heavy atom. The average Bonchev–Trinajstić information content (AvgIpc) is 2.58. The maximum Gasteiger partial charge on any atom is 0.140 e. The van der Waals surface area contributed by atoms with Crippen LogP contribution in [0.15, 0.2) is 18.6 Å². The van der Waals surface area contributed by atoms with Gasteiger partial charge in [-0.05, 0) is 13.8 Å². The fourth-order valence-corrected chi connectivity index (χ4v) is 1.42. The zero-order valence-corrected chi connectivity index (χ0v) is 8.75. The van der Waals surface area contributed by atoms with E-state index in [4.69, 9.17) is 5.73 Å². The summed E-state index contributed by atoms with van der Waals surface area (Å²) in [4.78, 5) is 8.42. The molecule has 2 atom stereocenters. The van der Waals surface area contributed by atoms with Gasteiger partial charge in [-0.2, -0.15) is 0 Å². The number of aliphatic hydroxyl groups excluding tert-OH is 1. The van der Waals surface area contributed by atoms with Gasteiger partial charge < -0.3 is 10.8 Å². The van der Waals surface area contributed by atoms with Crippen LogP contribution in [0.5, 0.6) is 0 Å². The lowest BCUT2D eigenvalue weighted by atomic mass is 10.1. The topological polar surface area (TPSA) is 76.4 Å². The Kier molecular flexibility index (Phi) is 2.42. The highest BCUT2D eigenvalue weighted by Crippen LogP contribution is 2.15. The summed E-state index contributed by atoms with van der Waals surface area (Å²) in [5.74, 6) is 0. The number of aryl methyl sites for hydroxylation is 1. The summed E-state index contributed by atoms with van der Waals surface area (Å²) in [5, 5.41) is 9.75. The molecule has 3 N–H and O–H groups in total. The van der Waals surface area contributed by atoms with Gasteiger partial charge in [-0.3, -0.25) is 4.40 Å². The monoisotopic (exact) mass is 206 g/mol. The molecule has 0 fully saturated rings. The minimum atomic E-state index is -0.731. The van der Waals surface area contributed by atoms with Crippen LogP contribution in [0.3, 0.4) is 0 Å². The molecule has 80 valence electrons. The summed E-state index contributed by atoms with van der Waals surface area (Å²) in [6.45, 7) is 3.65. The van der Waals surface area contributed by atoms with Gasteiger partial charge >= 0.3 is 0 Å². The lowest BCUT2D eigenvalue weighted by Crippen LogP contribution is -2.24. The maximum absolute atomic E-state index is 9.75. The molecule has 15 heavy (non-hydrogen) atoms. The van der Waals surface area contributed by atoms with Crippen LogP contribution >= 0.6 is 0 Å². The Labute approximate surface area is 87.6 Å². The van der Waals surface area contributed by atoms with Gasteiger partial charge in [0.15, 0.2) is 0 Å². The van der Waals surface area contributed by atoms with Crippen molar-refractivity contribution in [2.45, 2.75) is 26.0 Å². The predicted molar refractivity (Wildman–Crippen MR) is 56.3 cm³/mol. The van der Waals surface area contributed by atoms with Crippen LogP contribution in [0, 0.1) is 6.92 Å². The second-order valence-corrected chi connectivity index (χ2v) is 3.77. The summed E-state index contributed by atoms with van der Waals surface area (Å²) in [7, 11) is 0.